The minimum atomic E-state index is -0.781. The second-order valence-electron chi connectivity index (χ2n) is 5.96. The molecule has 8 heteroatoms. The lowest BCUT2D eigenvalue weighted by Gasteiger charge is -2.10. The minimum absolute atomic E-state index is 0.00329. The SMILES string of the molecule is O=C1N[C@@H](C(=O)NO)C[C@H]1c1ccc(OCc2cc(F)cc(F)c2)cc1. The summed E-state index contributed by atoms with van der Waals surface area (Å²) >= 11 is 0. The molecule has 1 aliphatic rings. The molecule has 136 valence electrons. The normalized spacial score (nSPS) is 19.1. The summed E-state index contributed by atoms with van der Waals surface area (Å²) in [5, 5.41) is 11.2. The highest BCUT2D eigenvalue weighted by atomic mass is 19.1. The fourth-order valence-electron chi connectivity index (χ4n) is 2.87. The smallest absolute Gasteiger partial charge is 0.265 e. The Hall–Kier alpha value is -3.00. The van der Waals surface area contributed by atoms with E-state index >= 15 is 0 Å². The quantitative estimate of drug-likeness (QED) is 0.561. The summed E-state index contributed by atoms with van der Waals surface area (Å²) in [6.07, 6.45) is 0.230. The molecular formula is C18H16F2N2O4. The van der Waals surface area contributed by atoms with Crippen LogP contribution in [0.15, 0.2) is 42.5 Å². The van der Waals surface area contributed by atoms with E-state index in [4.69, 9.17) is 9.94 Å². The van der Waals surface area contributed by atoms with Gasteiger partial charge < -0.3 is 10.1 Å². The molecule has 6 nitrogen and oxygen atoms in total. The van der Waals surface area contributed by atoms with E-state index < -0.39 is 29.5 Å². The Labute approximate surface area is 147 Å². The number of benzene rings is 2. The van der Waals surface area contributed by atoms with Gasteiger partial charge in [0.2, 0.25) is 5.91 Å². The molecule has 0 spiro atoms. The standard InChI is InChI=1S/C18H16F2N2O4/c19-12-5-10(6-13(20)7-12)9-26-14-3-1-11(2-4-14)15-8-16(18(24)22-25)21-17(15)23/h1-7,15-16,25H,8-9H2,(H,21,23)(H,22,24)/t15-,16+/m0/s1. The molecule has 1 saturated heterocycles. The Balaban J connectivity index is 1.63. The Morgan fingerprint density at radius 2 is 1.85 bits per heavy atom. The van der Waals surface area contributed by atoms with Crippen LogP contribution in [0.25, 0.3) is 0 Å². The van der Waals surface area contributed by atoms with Gasteiger partial charge in [0.25, 0.3) is 5.91 Å². The predicted octanol–water partition coefficient (Wildman–Crippen LogP) is 2.02. The number of ether oxygens (including phenoxy) is 1. The zero-order chi connectivity index (χ0) is 18.7. The molecule has 0 bridgehead atoms. The first-order chi connectivity index (χ1) is 12.5. The molecule has 0 radical (unpaired) electrons. The van der Waals surface area contributed by atoms with E-state index in [1.165, 1.54) is 17.6 Å². The van der Waals surface area contributed by atoms with E-state index in [1.807, 2.05) is 0 Å². The van der Waals surface area contributed by atoms with Crippen LogP contribution < -0.4 is 15.5 Å². The number of hydrogen-bond donors (Lipinski definition) is 3. The highest BCUT2D eigenvalue weighted by molar-refractivity contribution is 5.94. The minimum Gasteiger partial charge on any atom is -0.489 e. The van der Waals surface area contributed by atoms with Gasteiger partial charge in [-0.05, 0) is 41.8 Å². The van der Waals surface area contributed by atoms with Crippen LogP contribution >= 0.6 is 0 Å². The lowest BCUT2D eigenvalue weighted by molar-refractivity contribution is -0.132. The molecule has 3 rings (SSSR count). The summed E-state index contributed by atoms with van der Waals surface area (Å²) in [6, 6.07) is 9.02. The Morgan fingerprint density at radius 3 is 2.46 bits per heavy atom. The number of amides is 2. The van der Waals surface area contributed by atoms with Crippen LogP contribution in [-0.2, 0) is 16.2 Å². The van der Waals surface area contributed by atoms with Gasteiger partial charge in [0.1, 0.15) is 30.0 Å². The molecule has 1 fully saturated rings. The molecule has 2 aromatic rings. The van der Waals surface area contributed by atoms with Gasteiger partial charge in [0, 0.05) is 6.07 Å². The predicted molar refractivity (Wildman–Crippen MR) is 86.3 cm³/mol. The summed E-state index contributed by atoms with van der Waals surface area (Å²) in [7, 11) is 0. The van der Waals surface area contributed by atoms with Crippen LogP contribution in [0, 0.1) is 11.6 Å². The summed E-state index contributed by atoms with van der Waals surface area (Å²) in [5.41, 5.74) is 2.58. The third kappa shape index (κ3) is 3.97. The molecular weight excluding hydrogens is 346 g/mol. The Kier molecular flexibility index (Phi) is 5.13. The van der Waals surface area contributed by atoms with Crippen molar-refractivity contribution in [3.8, 4) is 5.75 Å². The number of nitrogens with one attached hydrogen (secondary N) is 2. The van der Waals surface area contributed by atoms with Crippen LogP contribution in [0.1, 0.15) is 23.5 Å². The number of hydroxylamine groups is 1. The van der Waals surface area contributed by atoms with Gasteiger partial charge in [-0.2, -0.15) is 0 Å². The van der Waals surface area contributed by atoms with Crippen molar-refractivity contribution in [3.63, 3.8) is 0 Å². The van der Waals surface area contributed by atoms with Gasteiger partial charge in [-0.15, -0.1) is 0 Å². The maximum Gasteiger partial charge on any atom is 0.265 e. The van der Waals surface area contributed by atoms with Crippen molar-refractivity contribution < 1.29 is 28.3 Å². The molecule has 0 unspecified atom stereocenters. The van der Waals surface area contributed by atoms with Gasteiger partial charge in [0.05, 0.1) is 5.92 Å². The highest BCUT2D eigenvalue weighted by Gasteiger charge is 2.36. The monoisotopic (exact) mass is 362 g/mol. The molecule has 2 amide bonds. The molecule has 2 atom stereocenters. The molecule has 1 aliphatic heterocycles. The van der Waals surface area contributed by atoms with Gasteiger partial charge in [-0.1, -0.05) is 12.1 Å². The topological polar surface area (TPSA) is 87.7 Å². The first-order valence-corrected chi connectivity index (χ1v) is 7.88. The van der Waals surface area contributed by atoms with E-state index in [-0.39, 0.29) is 18.9 Å². The molecule has 0 aliphatic carbocycles. The van der Waals surface area contributed by atoms with Crippen LogP contribution in [0.3, 0.4) is 0 Å². The second kappa shape index (κ2) is 7.49. The number of carbonyl (C=O) groups is 2. The Bertz CT molecular complexity index is 806. The summed E-state index contributed by atoms with van der Waals surface area (Å²) in [5.74, 6) is -2.35. The maximum absolute atomic E-state index is 13.2. The summed E-state index contributed by atoms with van der Waals surface area (Å²) in [4.78, 5) is 23.4. The third-order valence-electron chi connectivity index (χ3n) is 4.14. The van der Waals surface area contributed by atoms with E-state index in [0.717, 1.165) is 6.07 Å². The van der Waals surface area contributed by atoms with E-state index in [2.05, 4.69) is 5.32 Å². The van der Waals surface area contributed by atoms with Crippen molar-refractivity contribution in [2.24, 2.45) is 0 Å². The summed E-state index contributed by atoms with van der Waals surface area (Å²) < 4.78 is 31.8. The van der Waals surface area contributed by atoms with Gasteiger partial charge >= 0.3 is 0 Å². The van der Waals surface area contributed by atoms with Gasteiger partial charge in [-0.25, -0.2) is 14.3 Å². The van der Waals surface area contributed by atoms with Crippen LogP contribution in [0.4, 0.5) is 8.78 Å². The van der Waals surface area contributed by atoms with Crippen molar-refractivity contribution >= 4 is 11.8 Å². The van der Waals surface area contributed by atoms with E-state index in [0.29, 0.717) is 16.9 Å². The number of carbonyl (C=O) groups excluding carboxylic acids is 2. The van der Waals surface area contributed by atoms with Crippen LogP contribution in [0.5, 0.6) is 5.75 Å². The van der Waals surface area contributed by atoms with Gasteiger partial charge in [0.15, 0.2) is 0 Å². The van der Waals surface area contributed by atoms with E-state index in [9.17, 15) is 18.4 Å². The highest BCUT2D eigenvalue weighted by Crippen LogP contribution is 2.28. The van der Waals surface area contributed by atoms with Gasteiger partial charge in [-0.3, -0.25) is 14.8 Å². The zero-order valence-electron chi connectivity index (χ0n) is 13.5. The van der Waals surface area contributed by atoms with Crippen molar-refractivity contribution in [2.45, 2.75) is 25.0 Å². The number of rotatable bonds is 5. The average molecular weight is 362 g/mol. The number of hydrogen-bond acceptors (Lipinski definition) is 4. The molecule has 0 saturated carbocycles. The molecule has 0 aromatic heterocycles. The molecule has 1 heterocycles. The first kappa shape index (κ1) is 17.8. The zero-order valence-corrected chi connectivity index (χ0v) is 13.5. The fraction of sp³-hybridized carbons (Fsp3) is 0.222. The second-order valence-corrected chi connectivity index (χ2v) is 5.96. The summed E-state index contributed by atoms with van der Waals surface area (Å²) in [6.45, 7) is -0.00329. The van der Waals surface area contributed by atoms with E-state index in [1.54, 1.807) is 24.3 Å². The first-order valence-electron chi connectivity index (χ1n) is 7.88. The molecule has 26 heavy (non-hydrogen) atoms. The van der Waals surface area contributed by atoms with Crippen molar-refractivity contribution in [1.29, 1.82) is 0 Å². The number of halogens is 2. The van der Waals surface area contributed by atoms with Crippen LogP contribution in [-0.4, -0.2) is 23.1 Å². The lowest BCUT2D eigenvalue weighted by Crippen LogP contribution is -2.40. The maximum atomic E-state index is 13.2. The Morgan fingerprint density at radius 1 is 1.19 bits per heavy atom. The average Bonchev–Trinajstić information content (AvgIpc) is 3.01. The third-order valence-corrected chi connectivity index (χ3v) is 4.14. The molecule has 3 N–H and O–H groups in total. The van der Waals surface area contributed by atoms with Crippen molar-refractivity contribution in [1.82, 2.24) is 10.8 Å². The van der Waals surface area contributed by atoms with Crippen molar-refractivity contribution in [3.05, 3.63) is 65.2 Å². The largest absolute Gasteiger partial charge is 0.489 e. The lowest BCUT2D eigenvalue weighted by atomic mass is 9.95. The molecule has 2 aromatic carbocycles. The van der Waals surface area contributed by atoms with Crippen molar-refractivity contribution in [2.75, 3.05) is 0 Å². The fourth-order valence-corrected chi connectivity index (χ4v) is 2.87. The van der Waals surface area contributed by atoms with Crippen LogP contribution in [0.2, 0.25) is 0 Å².